The molecule has 0 radical (unpaired) electrons. The van der Waals surface area contributed by atoms with Gasteiger partial charge in [-0.15, -0.1) is 0 Å². The van der Waals surface area contributed by atoms with Crippen LogP contribution in [0.4, 0.5) is 15.8 Å². The molecule has 2 aliphatic heterocycles. The molecular weight excluding hydrogens is 744 g/mol. The molecule has 11 heteroatoms. The normalized spacial score (nSPS) is 13.2. The van der Waals surface area contributed by atoms with E-state index < -0.39 is 0 Å². The standard InChI is InChI=1S/C24H18FN3O2.C24H19N3O2/c1-28-21-12-22(30-2)19(16-6-8-18(25)9-7-16)11-20(21)24(27-14-23(28)29)17-5-3-4-15(10-17)13-26;1-27-21-13-22(29-2)19(17-8-4-3-5-9-17)12-20(21)24(26-15-23(27)28)18-10-6-7-16(11-18)14-25/h3-12H,14H2,1-2H3;3-13H,15H2,1-2H3. The highest BCUT2D eigenvalue weighted by molar-refractivity contribution is 6.21. The monoisotopic (exact) mass is 780 g/mol. The van der Waals surface area contributed by atoms with E-state index in [0.29, 0.717) is 39.7 Å². The smallest absolute Gasteiger partial charge is 0.248 e. The van der Waals surface area contributed by atoms with Crippen molar-refractivity contribution < 1.29 is 23.5 Å². The van der Waals surface area contributed by atoms with E-state index in [4.69, 9.17) is 9.47 Å². The van der Waals surface area contributed by atoms with E-state index in [1.54, 1.807) is 86.6 Å². The lowest BCUT2D eigenvalue weighted by molar-refractivity contribution is -0.117. The molecule has 0 aliphatic carbocycles. The zero-order chi connectivity index (χ0) is 41.6. The summed E-state index contributed by atoms with van der Waals surface area (Å²) in [4.78, 5) is 37.4. The lowest BCUT2D eigenvalue weighted by Gasteiger charge is -2.21. The molecule has 0 aromatic heterocycles. The number of nitrogens with zero attached hydrogens (tertiary/aromatic N) is 6. The van der Waals surface area contributed by atoms with Crippen molar-refractivity contribution in [3.63, 3.8) is 0 Å². The van der Waals surface area contributed by atoms with Gasteiger partial charge in [-0.2, -0.15) is 10.5 Å². The van der Waals surface area contributed by atoms with Crippen LogP contribution in [0.2, 0.25) is 0 Å². The molecule has 6 aromatic carbocycles. The Morgan fingerprint density at radius 2 is 0.966 bits per heavy atom. The highest BCUT2D eigenvalue weighted by atomic mass is 19.1. The Labute approximate surface area is 341 Å². The number of rotatable bonds is 6. The molecule has 0 N–H and O–H groups in total. The average Bonchev–Trinajstić information content (AvgIpc) is 3.48. The van der Waals surface area contributed by atoms with Gasteiger partial charge >= 0.3 is 0 Å². The minimum atomic E-state index is -0.326. The summed E-state index contributed by atoms with van der Waals surface area (Å²) in [5, 5.41) is 18.6. The van der Waals surface area contributed by atoms with Crippen molar-refractivity contribution in [3.05, 3.63) is 167 Å². The first-order chi connectivity index (χ1) is 28.6. The summed E-state index contributed by atoms with van der Waals surface area (Å²) in [6, 6.07) is 42.4. The fraction of sp³-hybridized carbons (Fsp3) is 0.125. The first-order valence-electron chi connectivity index (χ1n) is 18.5. The average molecular weight is 781 g/mol. The van der Waals surface area contributed by atoms with Crippen LogP contribution in [0, 0.1) is 28.5 Å². The number of carbonyl (C=O) groups excluding carboxylic acids is 2. The molecule has 0 saturated heterocycles. The fourth-order valence-corrected chi connectivity index (χ4v) is 7.02. The molecule has 2 amide bonds. The molecule has 0 atom stereocenters. The summed E-state index contributed by atoms with van der Waals surface area (Å²) in [5.74, 6) is 0.661. The van der Waals surface area contributed by atoms with E-state index >= 15 is 0 Å². The zero-order valence-corrected chi connectivity index (χ0v) is 32.7. The van der Waals surface area contributed by atoms with Gasteiger partial charge in [0.1, 0.15) is 30.4 Å². The van der Waals surface area contributed by atoms with E-state index in [0.717, 1.165) is 50.2 Å². The van der Waals surface area contributed by atoms with Gasteiger partial charge in [-0.05, 0) is 59.7 Å². The van der Waals surface area contributed by atoms with Gasteiger partial charge < -0.3 is 19.3 Å². The maximum Gasteiger partial charge on any atom is 0.248 e. The van der Waals surface area contributed by atoms with Gasteiger partial charge in [0.05, 0.1) is 60.3 Å². The molecule has 59 heavy (non-hydrogen) atoms. The van der Waals surface area contributed by atoms with Crippen LogP contribution in [0.25, 0.3) is 22.3 Å². The van der Waals surface area contributed by atoms with Crippen molar-refractivity contribution >= 4 is 34.6 Å². The molecule has 0 unspecified atom stereocenters. The molecule has 10 nitrogen and oxygen atoms in total. The predicted molar refractivity (Wildman–Crippen MR) is 227 cm³/mol. The summed E-state index contributed by atoms with van der Waals surface area (Å²) in [7, 11) is 6.62. The molecule has 290 valence electrons. The maximum absolute atomic E-state index is 13.4. The van der Waals surface area contributed by atoms with E-state index in [2.05, 4.69) is 22.1 Å². The number of ether oxygens (including phenoxy) is 2. The van der Waals surface area contributed by atoms with Gasteiger partial charge in [0.2, 0.25) is 11.8 Å². The molecule has 0 bridgehead atoms. The summed E-state index contributed by atoms with van der Waals surface area (Å²) < 4.78 is 24.7. The van der Waals surface area contributed by atoms with Gasteiger partial charge in [-0.3, -0.25) is 19.6 Å². The molecular formula is C48H37FN6O4. The zero-order valence-electron chi connectivity index (χ0n) is 32.7. The Balaban J connectivity index is 0.000000179. The molecule has 6 aromatic rings. The second-order valence-corrected chi connectivity index (χ2v) is 13.6. The number of fused-ring (bicyclic) bond motifs is 2. The maximum atomic E-state index is 13.4. The van der Waals surface area contributed by atoms with Crippen LogP contribution in [0.1, 0.15) is 33.4 Å². The summed E-state index contributed by atoms with van der Waals surface area (Å²) >= 11 is 0. The first kappa shape index (κ1) is 39.3. The van der Waals surface area contributed by atoms with E-state index in [-0.39, 0.29) is 30.7 Å². The van der Waals surface area contributed by atoms with Crippen LogP contribution in [-0.4, -0.2) is 64.6 Å². The van der Waals surface area contributed by atoms with Crippen LogP contribution < -0.4 is 19.3 Å². The third-order valence-corrected chi connectivity index (χ3v) is 10.1. The van der Waals surface area contributed by atoms with E-state index in [1.807, 2.05) is 66.7 Å². The summed E-state index contributed by atoms with van der Waals surface area (Å²) in [5.41, 5.74) is 10.3. The first-order valence-corrected chi connectivity index (χ1v) is 18.5. The SMILES string of the molecule is COc1cc2c(cc1-c1ccc(F)cc1)C(c1cccc(C#N)c1)=NCC(=O)N2C.COc1cc2c(cc1-c1ccccc1)C(c1cccc(C#N)c1)=NCC(=O)N2C. The van der Waals surface area contributed by atoms with Gasteiger partial charge in [0.15, 0.2) is 0 Å². The van der Waals surface area contributed by atoms with Gasteiger partial charge in [-0.25, -0.2) is 4.39 Å². The van der Waals surface area contributed by atoms with Crippen molar-refractivity contribution in [1.29, 1.82) is 10.5 Å². The van der Waals surface area contributed by atoms with Gasteiger partial charge in [-0.1, -0.05) is 66.7 Å². The Bertz CT molecular complexity index is 2750. The number of carbonyl (C=O) groups is 2. The van der Waals surface area contributed by atoms with Crippen LogP contribution in [0.5, 0.6) is 11.5 Å². The molecule has 0 fully saturated rings. The minimum absolute atomic E-state index is 0.00844. The Morgan fingerprint density at radius 3 is 1.39 bits per heavy atom. The number of halogens is 1. The molecule has 0 spiro atoms. The number of likely N-dealkylation sites (N-methyl/N-ethyl adjacent to an activating group) is 2. The largest absolute Gasteiger partial charge is 0.496 e. The lowest BCUT2D eigenvalue weighted by Crippen LogP contribution is -2.27. The number of amides is 2. The number of benzene rings is 6. The number of hydrogen-bond donors (Lipinski definition) is 0. The highest BCUT2D eigenvalue weighted by Crippen LogP contribution is 2.40. The lowest BCUT2D eigenvalue weighted by atomic mass is 9.94. The van der Waals surface area contributed by atoms with Crippen LogP contribution >= 0.6 is 0 Å². The second-order valence-electron chi connectivity index (χ2n) is 13.6. The number of aliphatic imine (C=N–C) groups is 2. The van der Waals surface area contributed by atoms with Crippen LogP contribution in [-0.2, 0) is 9.59 Å². The number of hydrogen-bond acceptors (Lipinski definition) is 8. The van der Waals surface area contributed by atoms with Crippen molar-refractivity contribution in [1.82, 2.24) is 0 Å². The highest BCUT2D eigenvalue weighted by Gasteiger charge is 2.27. The number of methoxy groups -OCH3 is 2. The molecule has 8 rings (SSSR count). The summed E-state index contributed by atoms with van der Waals surface area (Å²) in [6.07, 6.45) is 0. The Morgan fingerprint density at radius 1 is 0.542 bits per heavy atom. The fourth-order valence-electron chi connectivity index (χ4n) is 7.02. The third kappa shape index (κ3) is 8.04. The van der Waals surface area contributed by atoms with Crippen LogP contribution in [0.15, 0.2) is 137 Å². The molecule has 0 saturated carbocycles. The Hall–Kier alpha value is -7.89. The summed E-state index contributed by atoms with van der Waals surface area (Å²) in [6.45, 7) is 0.0335. The quantitative estimate of drug-likeness (QED) is 0.167. The Kier molecular flexibility index (Phi) is 11.4. The van der Waals surface area contributed by atoms with E-state index in [9.17, 15) is 24.5 Å². The van der Waals surface area contributed by atoms with Crippen molar-refractivity contribution in [2.45, 2.75) is 0 Å². The van der Waals surface area contributed by atoms with Gasteiger partial charge in [0.25, 0.3) is 0 Å². The van der Waals surface area contributed by atoms with E-state index in [1.165, 1.54) is 12.1 Å². The number of benzodiazepines with no additional fused rings is 2. The van der Waals surface area contributed by atoms with Crippen molar-refractivity contribution in [3.8, 4) is 45.9 Å². The second kappa shape index (κ2) is 17.1. The number of nitriles is 2. The van der Waals surface area contributed by atoms with Crippen molar-refractivity contribution in [2.75, 3.05) is 51.2 Å². The predicted octanol–water partition coefficient (Wildman–Crippen LogP) is 8.23. The van der Waals surface area contributed by atoms with Crippen LogP contribution in [0.3, 0.4) is 0 Å². The number of anilines is 2. The molecule has 2 heterocycles. The minimum Gasteiger partial charge on any atom is -0.496 e. The molecule has 2 aliphatic rings. The van der Waals surface area contributed by atoms with Gasteiger partial charge in [0, 0.05) is 59.6 Å². The third-order valence-electron chi connectivity index (χ3n) is 10.1. The van der Waals surface area contributed by atoms with Crippen molar-refractivity contribution in [2.24, 2.45) is 9.98 Å². The topological polar surface area (TPSA) is 131 Å².